The van der Waals surface area contributed by atoms with E-state index in [2.05, 4.69) is 15.9 Å². The van der Waals surface area contributed by atoms with Crippen LogP contribution in [-0.2, 0) is 9.53 Å². The highest BCUT2D eigenvalue weighted by molar-refractivity contribution is 9.09. The highest BCUT2D eigenvalue weighted by Gasteiger charge is 2.08. The Hall–Kier alpha value is -1.16. The Labute approximate surface area is 147 Å². The van der Waals surface area contributed by atoms with Crippen LogP contribution in [0.3, 0.4) is 0 Å². The van der Waals surface area contributed by atoms with Crippen molar-refractivity contribution in [3.05, 3.63) is 35.9 Å². The number of benzene rings is 1. The monoisotopic (exact) mass is 382 g/mol. The second-order valence-electron chi connectivity index (χ2n) is 5.67. The summed E-state index contributed by atoms with van der Waals surface area (Å²) in [6.07, 6.45) is 8.27. The van der Waals surface area contributed by atoms with Crippen molar-refractivity contribution in [1.29, 1.82) is 0 Å². The smallest absolute Gasteiger partial charge is 0.305 e. The first kappa shape index (κ1) is 19.9. The number of Topliss-reactive ketones (excluding diaryl/α,β-unsaturated/α-hetero) is 1. The van der Waals surface area contributed by atoms with Gasteiger partial charge in [0, 0.05) is 23.7 Å². The SMILES string of the molecule is O=C(CCCC(=O)c1ccccc1)OCCCCCCCCBr. The van der Waals surface area contributed by atoms with Gasteiger partial charge in [-0.15, -0.1) is 0 Å². The van der Waals surface area contributed by atoms with Gasteiger partial charge in [-0.2, -0.15) is 0 Å². The van der Waals surface area contributed by atoms with Gasteiger partial charge >= 0.3 is 5.97 Å². The first-order valence-corrected chi connectivity index (χ1v) is 9.66. The highest BCUT2D eigenvalue weighted by atomic mass is 79.9. The van der Waals surface area contributed by atoms with Crippen molar-refractivity contribution < 1.29 is 14.3 Å². The van der Waals surface area contributed by atoms with Crippen molar-refractivity contribution in [2.75, 3.05) is 11.9 Å². The number of halogens is 1. The van der Waals surface area contributed by atoms with E-state index < -0.39 is 0 Å². The van der Waals surface area contributed by atoms with Gasteiger partial charge in [-0.05, 0) is 19.3 Å². The van der Waals surface area contributed by atoms with Gasteiger partial charge < -0.3 is 4.74 Å². The van der Waals surface area contributed by atoms with E-state index in [1.165, 1.54) is 25.7 Å². The molecular weight excluding hydrogens is 356 g/mol. The van der Waals surface area contributed by atoms with Crippen LogP contribution in [0.1, 0.15) is 68.1 Å². The molecule has 0 aliphatic rings. The van der Waals surface area contributed by atoms with E-state index in [-0.39, 0.29) is 11.8 Å². The molecule has 0 heterocycles. The predicted molar refractivity (Wildman–Crippen MR) is 97.1 cm³/mol. The average Bonchev–Trinajstić information content (AvgIpc) is 2.58. The zero-order chi connectivity index (χ0) is 16.8. The lowest BCUT2D eigenvalue weighted by Crippen LogP contribution is -2.07. The summed E-state index contributed by atoms with van der Waals surface area (Å²) in [4.78, 5) is 23.5. The van der Waals surface area contributed by atoms with E-state index >= 15 is 0 Å². The molecule has 3 nitrogen and oxygen atoms in total. The fourth-order valence-electron chi connectivity index (χ4n) is 2.32. The Morgan fingerprint density at radius 1 is 0.826 bits per heavy atom. The maximum absolute atomic E-state index is 11.9. The van der Waals surface area contributed by atoms with E-state index in [0.29, 0.717) is 31.4 Å². The van der Waals surface area contributed by atoms with Crippen LogP contribution in [0, 0.1) is 0 Å². The second kappa shape index (κ2) is 13.3. The van der Waals surface area contributed by atoms with Crippen molar-refractivity contribution in [2.24, 2.45) is 0 Å². The molecule has 0 amide bonds. The van der Waals surface area contributed by atoms with E-state index in [1.54, 1.807) is 12.1 Å². The van der Waals surface area contributed by atoms with E-state index in [4.69, 9.17) is 4.74 Å². The Kier molecular flexibility index (Phi) is 11.5. The molecule has 23 heavy (non-hydrogen) atoms. The third-order valence-corrected chi connectivity index (χ3v) is 4.23. The Bertz CT molecular complexity index is 445. The molecule has 0 fully saturated rings. The number of rotatable bonds is 13. The van der Waals surface area contributed by atoms with Crippen molar-refractivity contribution in [3.8, 4) is 0 Å². The molecule has 4 heteroatoms. The van der Waals surface area contributed by atoms with E-state index in [0.717, 1.165) is 18.2 Å². The number of ketones is 1. The van der Waals surface area contributed by atoms with Gasteiger partial charge in [-0.1, -0.05) is 71.9 Å². The standard InChI is InChI=1S/C19H27BrO3/c20-15-8-3-1-2-4-9-16-23-19(22)14-10-13-18(21)17-11-6-5-7-12-17/h5-7,11-12H,1-4,8-10,13-16H2. The van der Waals surface area contributed by atoms with Gasteiger partial charge in [-0.25, -0.2) is 0 Å². The molecule has 1 aromatic rings. The quantitative estimate of drug-likeness (QED) is 0.200. The predicted octanol–water partition coefficient (Wildman–Crippen LogP) is 5.32. The number of hydrogen-bond acceptors (Lipinski definition) is 3. The highest BCUT2D eigenvalue weighted by Crippen LogP contribution is 2.09. The molecule has 0 unspecified atom stereocenters. The maximum Gasteiger partial charge on any atom is 0.305 e. The average molecular weight is 383 g/mol. The van der Waals surface area contributed by atoms with Crippen LogP contribution in [-0.4, -0.2) is 23.7 Å². The van der Waals surface area contributed by atoms with Crippen LogP contribution in [0.15, 0.2) is 30.3 Å². The summed E-state index contributed by atoms with van der Waals surface area (Å²) in [5.74, 6) is -0.105. The third kappa shape index (κ3) is 10.3. The molecule has 128 valence electrons. The normalized spacial score (nSPS) is 10.5. The lowest BCUT2D eigenvalue weighted by molar-refractivity contribution is -0.143. The van der Waals surface area contributed by atoms with Crippen molar-refractivity contribution in [3.63, 3.8) is 0 Å². The van der Waals surface area contributed by atoms with Crippen LogP contribution in [0.2, 0.25) is 0 Å². The number of ether oxygens (including phenoxy) is 1. The fraction of sp³-hybridized carbons (Fsp3) is 0.579. The van der Waals surface area contributed by atoms with Crippen LogP contribution in [0.25, 0.3) is 0 Å². The van der Waals surface area contributed by atoms with Crippen molar-refractivity contribution in [2.45, 2.75) is 57.8 Å². The molecular formula is C19H27BrO3. The van der Waals surface area contributed by atoms with Gasteiger partial charge in [0.15, 0.2) is 5.78 Å². The zero-order valence-electron chi connectivity index (χ0n) is 13.8. The summed E-state index contributed by atoms with van der Waals surface area (Å²) in [6, 6.07) is 9.19. The Balaban J connectivity index is 1.97. The molecule has 0 N–H and O–H groups in total. The number of carbonyl (C=O) groups excluding carboxylic acids is 2. The molecule has 0 aromatic heterocycles. The second-order valence-corrected chi connectivity index (χ2v) is 6.47. The van der Waals surface area contributed by atoms with Gasteiger partial charge in [0.05, 0.1) is 6.61 Å². The molecule has 0 saturated carbocycles. The molecule has 0 saturated heterocycles. The summed E-state index contributed by atoms with van der Waals surface area (Å²) in [7, 11) is 0. The minimum absolute atomic E-state index is 0.0851. The number of alkyl halides is 1. The van der Waals surface area contributed by atoms with Crippen LogP contribution >= 0.6 is 15.9 Å². The fourth-order valence-corrected chi connectivity index (χ4v) is 2.72. The molecule has 0 bridgehead atoms. The summed E-state index contributed by atoms with van der Waals surface area (Å²) in [5.41, 5.74) is 0.709. The topological polar surface area (TPSA) is 43.4 Å². The van der Waals surface area contributed by atoms with E-state index in [9.17, 15) is 9.59 Å². The molecule has 0 aliphatic carbocycles. The first-order chi connectivity index (χ1) is 11.2. The Morgan fingerprint density at radius 3 is 2.17 bits per heavy atom. The van der Waals surface area contributed by atoms with Gasteiger partial charge in [-0.3, -0.25) is 9.59 Å². The zero-order valence-corrected chi connectivity index (χ0v) is 15.4. The van der Waals surface area contributed by atoms with Gasteiger partial charge in [0.1, 0.15) is 0 Å². The minimum Gasteiger partial charge on any atom is -0.466 e. The number of carbonyl (C=O) groups is 2. The van der Waals surface area contributed by atoms with E-state index in [1.807, 2.05) is 18.2 Å². The summed E-state index contributed by atoms with van der Waals surface area (Å²) >= 11 is 3.42. The summed E-state index contributed by atoms with van der Waals surface area (Å²) in [5, 5.41) is 1.08. The summed E-state index contributed by atoms with van der Waals surface area (Å²) in [6.45, 7) is 0.504. The molecule has 1 rings (SSSR count). The molecule has 0 spiro atoms. The van der Waals surface area contributed by atoms with Crippen LogP contribution < -0.4 is 0 Å². The number of unbranched alkanes of at least 4 members (excludes halogenated alkanes) is 5. The van der Waals surface area contributed by atoms with Crippen LogP contribution in [0.5, 0.6) is 0 Å². The lowest BCUT2D eigenvalue weighted by atomic mass is 10.1. The summed E-state index contributed by atoms with van der Waals surface area (Å²) < 4.78 is 5.20. The number of hydrogen-bond donors (Lipinski definition) is 0. The number of esters is 1. The maximum atomic E-state index is 11.9. The largest absolute Gasteiger partial charge is 0.466 e. The van der Waals surface area contributed by atoms with Gasteiger partial charge in [0.2, 0.25) is 0 Å². The molecule has 0 radical (unpaired) electrons. The first-order valence-electron chi connectivity index (χ1n) is 8.54. The minimum atomic E-state index is -0.190. The molecule has 0 aliphatic heterocycles. The van der Waals surface area contributed by atoms with Crippen molar-refractivity contribution in [1.82, 2.24) is 0 Å². The molecule has 1 aromatic carbocycles. The van der Waals surface area contributed by atoms with Crippen molar-refractivity contribution >= 4 is 27.7 Å². The molecule has 0 atom stereocenters. The lowest BCUT2D eigenvalue weighted by Gasteiger charge is -2.05. The Morgan fingerprint density at radius 2 is 1.48 bits per heavy atom. The van der Waals surface area contributed by atoms with Gasteiger partial charge in [0.25, 0.3) is 0 Å². The van der Waals surface area contributed by atoms with Crippen LogP contribution in [0.4, 0.5) is 0 Å². The third-order valence-electron chi connectivity index (χ3n) is 3.67.